The van der Waals surface area contributed by atoms with Crippen molar-refractivity contribution < 1.29 is 14.3 Å². The van der Waals surface area contributed by atoms with Gasteiger partial charge in [0.05, 0.1) is 13.7 Å². The van der Waals surface area contributed by atoms with Crippen molar-refractivity contribution in [2.24, 2.45) is 0 Å². The molecule has 0 radical (unpaired) electrons. The monoisotopic (exact) mass is 260 g/mol. The van der Waals surface area contributed by atoms with Crippen LogP contribution in [0.15, 0.2) is 0 Å². The van der Waals surface area contributed by atoms with Crippen LogP contribution in [-0.4, -0.2) is 62.9 Å². The summed E-state index contributed by atoms with van der Waals surface area (Å²) in [5.41, 5.74) is 0. The van der Waals surface area contributed by atoms with Gasteiger partial charge >= 0.3 is 5.97 Å². The van der Waals surface area contributed by atoms with Gasteiger partial charge in [0.2, 0.25) is 0 Å². The fraction of sp³-hybridized carbons (Fsp3) is 0.923. The van der Waals surface area contributed by atoms with Gasteiger partial charge in [-0.15, -0.1) is 0 Å². The maximum Gasteiger partial charge on any atom is 0.324 e. The highest BCUT2D eigenvalue weighted by Gasteiger charge is 2.24. The van der Waals surface area contributed by atoms with Crippen LogP contribution < -0.4 is 5.32 Å². The quantitative estimate of drug-likeness (QED) is 0.624. The zero-order chi connectivity index (χ0) is 14.1. The van der Waals surface area contributed by atoms with Crippen LogP contribution in [0.25, 0.3) is 0 Å². The standard InChI is InChI=1S/C13H28N2O3/c1-7-15(11(4)9-17-5)8-12(13(16)18-6)14-10(2)3/h10-12,14H,7-9H2,1-6H3. The molecule has 1 N–H and O–H groups in total. The van der Waals surface area contributed by atoms with Gasteiger partial charge in [-0.05, 0) is 13.5 Å². The highest BCUT2D eigenvalue weighted by atomic mass is 16.5. The van der Waals surface area contributed by atoms with Crippen molar-refractivity contribution in [3.63, 3.8) is 0 Å². The summed E-state index contributed by atoms with van der Waals surface area (Å²) in [5.74, 6) is -0.216. The van der Waals surface area contributed by atoms with E-state index in [0.717, 1.165) is 6.54 Å². The van der Waals surface area contributed by atoms with Crippen LogP contribution in [0.1, 0.15) is 27.7 Å². The molecule has 0 aliphatic rings. The molecule has 0 aromatic rings. The summed E-state index contributed by atoms with van der Waals surface area (Å²) in [4.78, 5) is 13.9. The second-order valence-electron chi connectivity index (χ2n) is 4.79. The fourth-order valence-electron chi connectivity index (χ4n) is 1.94. The van der Waals surface area contributed by atoms with E-state index in [9.17, 15) is 4.79 Å². The number of carbonyl (C=O) groups is 1. The lowest BCUT2D eigenvalue weighted by Gasteiger charge is -2.31. The number of likely N-dealkylation sites (N-methyl/N-ethyl adjacent to an activating group) is 1. The number of hydrogen-bond donors (Lipinski definition) is 1. The lowest BCUT2D eigenvalue weighted by molar-refractivity contribution is -0.144. The number of methoxy groups -OCH3 is 2. The molecule has 5 nitrogen and oxygen atoms in total. The van der Waals surface area contributed by atoms with Crippen molar-refractivity contribution in [1.82, 2.24) is 10.2 Å². The lowest BCUT2D eigenvalue weighted by Crippen LogP contribution is -2.51. The molecule has 0 aromatic heterocycles. The first-order chi connectivity index (χ1) is 8.46. The predicted octanol–water partition coefficient (Wildman–Crippen LogP) is 0.883. The molecule has 5 heteroatoms. The van der Waals surface area contributed by atoms with Crippen molar-refractivity contribution in [1.29, 1.82) is 0 Å². The van der Waals surface area contributed by atoms with Gasteiger partial charge in [-0.3, -0.25) is 9.69 Å². The number of ether oxygens (including phenoxy) is 2. The normalized spacial score (nSPS) is 14.9. The molecule has 0 aliphatic heterocycles. The van der Waals surface area contributed by atoms with Gasteiger partial charge in [-0.25, -0.2) is 0 Å². The number of rotatable bonds is 9. The second kappa shape index (κ2) is 9.30. The zero-order valence-corrected chi connectivity index (χ0v) is 12.5. The Hall–Kier alpha value is -0.650. The minimum absolute atomic E-state index is 0.216. The third-order valence-electron chi connectivity index (χ3n) is 2.87. The molecule has 0 spiro atoms. The average molecular weight is 260 g/mol. The Morgan fingerprint density at radius 1 is 1.28 bits per heavy atom. The molecule has 108 valence electrons. The maximum absolute atomic E-state index is 11.7. The summed E-state index contributed by atoms with van der Waals surface area (Å²) in [5, 5.41) is 3.24. The van der Waals surface area contributed by atoms with E-state index in [1.165, 1.54) is 7.11 Å². The smallest absolute Gasteiger partial charge is 0.324 e. The van der Waals surface area contributed by atoms with E-state index < -0.39 is 0 Å². The van der Waals surface area contributed by atoms with Crippen molar-refractivity contribution in [3.8, 4) is 0 Å². The van der Waals surface area contributed by atoms with Crippen LogP contribution in [0.4, 0.5) is 0 Å². The third kappa shape index (κ3) is 6.33. The van der Waals surface area contributed by atoms with E-state index in [-0.39, 0.29) is 24.1 Å². The summed E-state index contributed by atoms with van der Waals surface area (Å²) in [6, 6.07) is 0.223. The molecule has 0 aliphatic carbocycles. The van der Waals surface area contributed by atoms with Crippen LogP contribution in [0.2, 0.25) is 0 Å². The molecule has 18 heavy (non-hydrogen) atoms. The van der Waals surface area contributed by atoms with Gasteiger partial charge in [0.15, 0.2) is 0 Å². The lowest BCUT2D eigenvalue weighted by atomic mass is 10.2. The molecule has 0 saturated heterocycles. The van der Waals surface area contributed by atoms with E-state index >= 15 is 0 Å². The Labute approximate surface area is 111 Å². The highest BCUT2D eigenvalue weighted by molar-refractivity contribution is 5.76. The molecule has 2 unspecified atom stereocenters. The Bertz CT molecular complexity index is 234. The SMILES string of the molecule is CCN(CC(NC(C)C)C(=O)OC)C(C)COC. The Kier molecular flexibility index (Phi) is 8.97. The van der Waals surface area contributed by atoms with Crippen LogP contribution in [-0.2, 0) is 14.3 Å². The van der Waals surface area contributed by atoms with Crippen LogP contribution in [0.3, 0.4) is 0 Å². The van der Waals surface area contributed by atoms with E-state index in [0.29, 0.717) is 13.2 Å². The molecule has 0 saturated carbocycles. The molecular formula is C13H28N2O3. The van der Waals surface area contributed by atoms with Crippen LogP contribution >= 0.6 is 0 Å². The summed E-state index contributed by atoms with van der Waals surface area (Å²) in [7, 11) is 3.11. The third-order valence-corrected chi connectivity index (χ3v) is 2.87. The van der Waals surface area contributed by atoms with E-state index in [1.807, 2.05) is 13.8 Å². The summed E-state index contributed by atoms with van der Waals surface area (Å²) < 4.78 is 10.00. The number of carbonyl (C=O) groups excluding carboxylic acids is 1. The fourth-order valence-corrected chi connectivity index (χ4v) is 1.94. The van der Waals surface area contributed by atoms with E-state index in [1.54, 1.807) is 7.11 Å². The molecule has 0 heterocycles. The topological polar surface area (TPSA) is 50.8 Å². The van der Waals surface area contributed by atoms with Gasteiger partial charge in [0.25, 0.3) is 0 Å². The summed E-state index contributed by atoms with van der Waals surface area (Å²) >= 11 is 0. The molecule has 2 atom stereocenters. The van der Waals surface area contributed by atoms with Gasteiger partial charge < -0.3 is 14.8 Å². The van der Waals surface area contributed by atoms with E-state index in [4.69, 9.17) is 9.47 Å². The molecule has 0 aromatic carbocycles. The van der Waals surface area contributed by atoms with Gasteiger partial charge in [0.1, 0.15) is 6.04 Å². The number of esters is 1. The molecular weight excluding hydrogens is 232 g/mol. The molecule has 0 rings (SSSR count). The van der Waals surface area contributed by atoms with Crippen LogP contribution in [0, 0.1) is 0 Å². The van der Waals surface area contributed by atoms with Crippen molar-refractivity contribution in [3.05, 3.63) is 0 Å². The average Bonchev–Trinajstić information content (AvgIpc) is 2.33. The predicted molar refractivity (Wildman–Crippen MR) is 72.7 cm³/mol. The Morgan fingerprint density at radius 2 is 1.89 bits per heavy atom. The number of nitrogens with one attached hydrogen (secondary N) is 1. The van der Waals surface area contributed by atoms with Crippen molar-refractivity contribution >= 4 is 5.97 Å². The summed E-state index contributed by atoms with van der Waals surface area (Å²) in [6.45, 7) is 10.4. The van der Waals surface area contributed by atoms with Crippen molar-refractivity contribution in [2.45, 2.75) is 45.8 Å². The minimum atomic E-state index is -0.297. The molecule has 0 bridgehead atoms. The van der Waals surface area contributed by atoms with Crippen molar-refractivity contribution in [2.75, 3.05) is 33.9 Å². The van der Waals surface area contributed by atoms with Gasteiger partial charge in [-0.1, -0.05) is 20.8 Å². The maximum atomic E-state index is 11.7. The first-order valence-corrected chi connectivity index (χ1v) is 6.53. The summed E-state index contributed by atoms with van der Waals surface area (Å²) in [6.07, 6.45) is 0. The number of hydrogen-bond acceptors (Lipinski definition) is 5. The first-order valence-electron chi connectivity index (χ1n) is 6.53. The van der Waals surface area contributed by atoms with Crippen LogP contribution in [0.5, 0.6) is 0 Å². The Morgan fingerprint density at radius 3 is 2.28 bits per heavy atom. The second-order valence-corrected chi connectivity index (χ2v) is 4.79. The highest BCUT2D eigenvalue weighted by Crippen LogP contribution is 2.03. The largest absolute Gasteiger partial charge is 0.468 e. The Balaban J connectivity index is 4.55. The minimum Gasteiger partial charge on any atom is -0.468 e. The van der Waals surface area contributed by atoms with Gasteiger partial charge in [0, 0.05) is 25.7 Å². The number of nitrogens with zero attached hydrogens (tertiary/aromatic N) is 1. The molecule has 0 fully saturated rings. The van der Waals surface area contributed by atoms with Gasteiger partial charge in [-0.2, -0.15) is 0 Å². The van der Waals surface area contributed by atoms with E-state index in [2.05, 4.69) is 24.1 Å². The molecule has 0 amide bonds. The zero-order valence-electron chi connectivity index (χ0n) is 12.5. The first kappa shape index (κ1) is 17.4.